The first-order valence-electron chi connectivity index (χ1n) is 14.5. The summed E-state index contributed by atoms with van der Waals surface area (Å²) in [6, 6.07) is 29.5. The van der Waals surface area contributed by atoms with Crippen LogP contribution in [0, 0.1) is 0 Å². The predicted molar refractivity (Wildman–Crippen MR) is 167 cm³/mol. The Bertz CT molecular complexity index is 1650. The van der Waals surface area contributed by atoms with Crippen molar-refractivity contribution in [3.05, 3.63) is 108 Å². The number of amides is 2. The van der Waals surface area contributed by atoms with Gasteiger partial charge in [-0.3, -0.25) is 13.9 Å². The minimum atomic E-state index is -3.71. The van der Waals surface area contributed by atoms with E-state index >= 15 is 0 Å². The van der Waals surface area contributed by atoms with E-state index in [0.29, 0.717) is 23.4 Å². The summed E-state index contributed by atoms with van der Waals surface area (Å²) < 4.78 is 28.3. The standard InChI is InChI=1S/C34H37N3O4S/c1-3-25(2)35-34(39)30(23-26-13-6-4-7-14-26)36(24-27-15-8-5-9-16-27)32(38)21-12-22-37-29-19-10-17-28-18-11-20-31(33(28)29)42(37,40)41/h4-11,13-20,25,30H,3,12,21-24H2,1-2H3,(H,35,39)/t25-,30+/m1/s1. The van der Waals surface area contributed by atoms with Crippen molar-refractivity contribution in [2.75, 3.05) is 10.8 Å². The quantitative estimate of drug-likeness (QED) is 0.232. The van der Waals surface area contributed by atoms with E-state index < -0.39 is 16.1 Å². The van der Waals surface area contributed by atoms with E-state index in [4.69, 9.17) is 0 Å². The highest BCUT2D eigenvalue weighted by Gasteiger charge is 2.36. The Morgan fingerprint density at radius 2 is 1.50 bits per heavy atom. The Balaban J connectivity index is 1.39. The zero-order valence-corrected chi connectivity index (χ0v) is 24.9. The number of rotatable bonds is 12. The largest absolute Gasteiger partial charge is 0.352 e. The van der Waals surface area contributed by atoms with Crippen LogP contribution in [0.2, 0.25) is 0 Å². The number of carbonyl (C=O) groups is 2. The third-order valence-electron chi connectivity index (χ3n) is 7.90. The van der Waals surface area contributed by atoms with Crippen molar-refractivity contribution in [3.63, 3.8) is 0 Å². The molecule has 1 aliphatic rings. The molecule has 0 spiro atoms. The average molecular weight is 584 g/mol. The van der Waals surface area contributed by atoms with E-state index in [9.17, 15) is 18.0 Å². The van der Waals surface area contributed by atoms with Crippen molar-refractivity contribution in [2.24, 2.45) is 0 Å². The fourth-order valence-electron chi connectivity index (χ4n) is 5.49. The van der Waals surface area contributed by atoms with Gasteiger partial charge in [-0.15, -0.1) is 0 Å². The van der Waals surface area contributed by atoms with Gasteiger partial charge in [0, 0.05) is 37.4 Å². The van der Waals surface area contributed by atoms with E-state index in [1.807, 2.05) is 98.8 Å². The van der Waals surface area contributed by atoms with Crippen LogP contribution in [0.15, 0.2) is 102 Å². The molecule has 0 saturated carbocycles. The second-order valence-electron chi connectivity index (χ2n) is 10.8. The Hall–Kier alpha value is -4.17. The third kappa shape index (κ3) is 6.19. The van der Waals surface area contributed by atoms with Crippen LogP contribution in [0.1, 0.15) is 44.2 Å². The molecule has 7 nitrogen and oxygen atoms in total. The van der Waals surface area contributed by atoms with Gasteiger partial charge in [-0.25, -0.2) is 8.42 Å². The number of benzene rings is 4. The van der Waals surface area contributed by atoms with Gasteiger partial charge in [0.25, 0.3) is 10.0 Å². The third-order valence-corrected chi connectivity index (χ3v) is 9.76. The molecule has 1 heterocycles. The van der Waals surface area contributed by atoms with Gasteiger partial charge in [0.05, 0.1) is 10.6 Å². The SMILES string of the molecule is CC[C@@H](C)NC(=O)[C@H](Cc1ccccc1)N(Cc1ccccc1)C(=O)CCCN1c2cccc3cccc(c23)S1(=O)=O. The maximum Gasteiger partial charge on any atom is 0.265 e. The zero-order chi connectivity index (χ0) is 29.7. The van der Waals surface area contributed by atoms with Crippen LogP contribution in [0.5, 0.6) is 0 Å². The van der Waals surface area contributed by atoms with Crippen LogP contribution in [0.25, 0.3) is 10.8 Å². The summed E-state index contributed by atoms with van der Waals surface area (Å²) in [7, 11) is -3.71. The lowest BCUT2D eigenvalue weighted by Crippen LogP contribution is -2.52. The van der Waals surface area contributed by atoms with E-state index in [1.165, 1.54) is 4.31 Å². The molecule has 0 fully saturated rings. The highest BCUT2D eigenvalue weighted by molar-refractivity contribution is 7.93. The number of hydrogen-bond acceptors (Lipinski definition) is 4. The molecule has 0 aromatic heterocycles. The lowest BCUT2D eigenvalue weighted by atomic mass is 10.0. The second-order valence-corrected chi connectivity index (χ2v) is 12.7. The second kappa shape index (κ2) is 12.8. The van der Waals surface area contributed by atoms with Crippen molar-refractivity contribution >= 4 is 38.3 Å². The number of carbonyl (C=O) groups excluding carboxylic acids is 2. The van der Waals surface area contributed by atoms with Crippen LogP contribution < -0.4 is 9.62 Å². The molecule has 4 aromatic rings. The monoisotopic (exact) mass is 583 g/mol. The summed E-state index contributed by atoms with van der Waals surface area (Å²) in [5.41, 5.74) is 2.53. The van der Waals surface area contributed by atoms with Crippen LogP contribution in [0.4, 0.5) is 5.69 Å². The Labute approximate surface area is 248 Å². The van der Waals surface area contributed by atoms with Crippen LogP contribution in [-0.4, -0.2) is 43.8 Å². The molecule has 5 rings (SSSR count). The summed E-state index contributed by atoms with van der Waals surface area (Å²) in [4.78, 5) is 29.6. The van der Waals surface area contributed by atoms with Gasteiger partial charge in [-0.1, -0.05) is 91.9 Å². The van der Waals surface area contributed by atoms with Crippen LogP contribution in [0.3, 0.4) is 0 Å². The number of nitrogens with one attached hydrogen (secondary N) is 1. The molecule has 42 heavy (non-hydrogen) atoms. The molecule has 0 unspecified atom stereocenters. The Morgan fingerprint density at radius 1 is 0.857 bits per heavy atom. The van der Waals surface area contributed by atoms with E-state index in [1.54, 1.807) is 17.0 Å². The van der Waals surface area contributed by atoms with Gasteiger partial charge in [0.2, 0.25) is 11.8 Å². The molecule has 0 saturated heterocycles. The lowest BCUT2D eigenvalue weighted by Gasteiger charge is -2.32. The van der Waals surface area contributed by atoms with Crippen molar-refractivity contribution in [1.29, 1.82) is 0 Å². The predicted octanol–water partition coefficient (Wildman–Crippen LogP) is 5.68. The summed E-state index contributed by atoms with van der Waals surface area (Å²) in [5.74, 6) is -0.381. The molecule has 4 aromatic carbocycles. The van der Waals surface area contributed by atoms with Gasteiger partial charge in [-0.05, 0) is 48.4 Å². The summed E-state index contributed by atoms with van der Waals surface area (Å²) in [5, 5.41) is 4.68. The first-order valence-corrected chi connectivity index (χ1v) is 16.0. The van der Waals surface area contributed by atoms with Crippen molar-refractivity contribution < 1.29 is 18.0 Å². The molecule has 2 amide bonds. The zero-order valence-electron chi connectivity index (χ0n) is 24.1. The fraction of sp³-hybridized carbons (Fsp3) is 0.294. The minimum Gasteiger partial charge on any atom is -0.352 e. The number of nitrogens with zero attached hydrogens (tertiary/aromatic N) is 2. The van der Waals surface area contributed by atoms with Crippen molar-refractivity contribution in [2.45, 2.75) is 63.1 Å². The maximum atomic E-state index is 14.0. The molecule has 1 aliphatic heterocycles. The maximum absolute atomic E-state index is 14.0. The van der Waals surface area contributed by atoms with Gasteiger partial charge < -0.3 is 10.2 Å². The van der Waals surface area contributed by atoms with E-state index in [2.05, 4.69) is 5.32 Å². The molecule has 2 atom stereocenters. The molecule has 8 heteroatoms. The Morgan fingerprint density at radius 3 is 2.17 bits per heavy atom. The average Bonchev–Trinajstić information content (AvgIpc) is 3.22. The van der Waals surface area contributed by atoms with Crippen molar-refractivity contribution in [3.8, 4) is 0 Å². The van der Waals surface area contributed by atoms with Crippen LogP contribution >= 0.6 is 0 Å². The summed E-state index contributed by atoms with van der Waals surface area (Å²) >= 11 is 0. The molecule has 1 N–H and O–H groups in total. The molecular weight excluding hydrogens is 546 g/mol. The highest BCUT2D eigenvalue weighted by atomic mass is 32.2. The van der Waals surface area contributed by atoms with Gasteiger partial charge in [0.15, 0.2) is 0 Å². The van der Waals surface area contributed by atoms with Gasteiger partial charge in [0.1, 0.15) is 6.04 Å². The molecule has 0 aliphatic carbocycles. The smallest absolute Gasteiger partial charge is 0.265 e. The normalized spacial score (nSPS) is 14.9. The van der Waals surface area contributed by atoms with Gasteiger partial charge in [-0.2, -0.15) is 0 Å². The topological polar surface area (TPSA) is 86.8 Å². The van der Waals surface area contributed by atoms with Crippen molar-refractivity contribution in [1.82, 2.24) is 10.2 Å². The molecule has 0 radical (unpaired) electrons. The van der Waals surface area contributed by atoms with Crippen LogP contribution in [-0.2, 0) is 32.6 Å². The lowest BCUT2D eigenvalue weighted by molar-refractivity contribution is -0.141. The Kier molecular flexibility index (Phi) is 8.92. The minimum absolute atomic E-state index is 0.0332. The highest BCUT2D eigenvalue weighted by Crippen LogP contribution is 2.42. The fourth-order valence-corrected chi connectivity index (χ4v) is 7.24. The summed E-state index contributed by atoms with van der Waals surface area (Å²) in [6.45, 7) is 4.41. The number of anilines is 1. The first-order chi connectivity index (χ1) is 20.3. The molecule has 0 bridgehead atoms. The first kappa shape index (κ1) is 29.3. The molecule has 218 valence electrons. The van der Waals surface area contributed by atoms with E-state index in [-0.39, 0.29) is 37.4 Å². The van der Waals surface area contributed by atoms with E-state index in [0.717, 1.165) is 28.3 Å². The number of sulfonamides is 1. The number of hydrogen-bond donors (Lipinski definition) is 1. The summed E-state index contributed by atoms with van der Waals surface area (Å²) in [6.07, 6.45) is 1.57. The molecular formula is C34H37N3O4S. The van der Waals surface area contributed by atoms with Gasteiger partial charge >= 0.3 is 0 Å².